The second-order valence-corrected chi connectivity index (χ2v) is 6.27. The number of aromatic nitrogens is 6. The number of hydrogen-bond donors (Lipinski definition) is 2. The van der Waals surface area contributed by atoms with Crippen LogP contribution in [-0.4, -0.2) is 28.9 Å². The molecule has 0 spiro atoms. The van der Waals surface area contributed by atoms with Crippen LogP contribution in [-0.2, 0) is 0 Å². The van der Waals surface area contributed by atoms with Gasteiger partial charge in [-0.3, -0.25) is 0 Å². The van der Waals surface area contributed by atoms with Gasteiger partial charge in [-0.25, -0.2) is 37.5 Å². The molecular weight excluding hydrogens is 396 g/mol. The zero-order chi connectivity index (χ0) is 21.4. The van der Waals surface area contributed by atoms with E-state index >= 15 is 0 Å². The molecule has 0 aliphatic rings. The molecule has 10 nitrogen and oxygen atoms in total. The molecule has 4 aromatic rings. The Morgan fingerprint density at radius 1 is 1.20 bits per heavy atom. The van der Waals surface area contributed by atoms with E-state index in [1.165, 1.54) is 18.7 Å². The molecule has 0 amide bonds. The van der Waals surface area contributed by atoms with E-state index in [1.54, 1.807) is 6.92 Å². The van der Waals surface area contributed by atoms with Crippen molar-refractivity contribution >= 4 is 17.4 Å². The van der Waals surface area contributed by atoms with E-state index in [4.69, 9.17) is 5.73 Å². The Morgan fingerprint density at radius 2 is 1.93 bits per heavy atom. The molecule has 1 aromatic carbocycles. The van der Waals surface area contributed by atoms with E-state index in [-0.39, 0.29) is 34.5 Å². The lowest BCUT2D eigenvalue weighted by molar-refractivity contribution is 0.578. The number of nitriles is 1. The van der Waals surface area contributed by atoms with Crippen molar-refractivity contribution in [1.29, 1.82) is 5.26 Å². The van der Waals surface area contributed by atoms with Crippen LogP contribution in [0.2, 0.25) is 0 Å². The van der Waals surface area contributed by atoms with E-state index in [0.29, 0.717) is 6.07 Å². The largest absolute Gasteiger partial charge is 0.382 e. The lowest BCUT2D eigenvalue weighted by Gasteiger charge is -2.20. The second-order valence-electron chi connectivity index (χ2n) is 6.27. The number of nitrogen functional groups attached to an aromatic ring is 1. The maximum Gasteiger partial charge on any atom is 0.341 e. The van der Waals surface area contributed by atoms with Crippen LogP contribution in [0.5, 0.6) is 0 Å². The number of rotatable bonds is 4. The summed E-state index contributed by atoms with van der Waals surface area (Å²) >= 11 is 0. The minimum absolute atomic E-state index is 0.0111. The summed E-state index contributed by atoms with van der Waals surface area (Å²) in [4.78, 5) is 29.2. The van der Waals surface area contributed by atoms with Crippen LogP contribution in [0.1, 0.15) is 24.4 Å². The highest BCUT2D eigenvalue weighted by Crippen LogP contribution is 2.23. The summed E-state index contributed by atoms with van der Waals surface area (Å²) in [5.74, 6) is -1.44. The molecule has 3 heterocycles. The van der Waals surface area contributed by atoms with Crippen LogP contribution in [0, 0.1) is 23.0 Å². The Kier molecular flexibility index (Phi) is 4.55. The lowest BCUT2D eigenvalue weighted by atomic mass is 10.2. The molecular formula is C18H13F2N9O. The van der Waals surface area contributed by atoms with Gasteiger partial charge in [-0.2, -0.15) is 10.2 Å². The zero-order valence-corrected chi connectivity index (χ0v) is 15.4. The van der Waals surface area contributed by atoms with Crippen LogP contribution in [0.15, 0.2) is 41.7 Å². The zero-order valence-electron chi connectivity index (χ0n) is 15.4. The number of benzene rings is 1. The Bertz CT molecular complexity index is 1350. The van der Waals surface area contributed by atoms with Crippen molar-refractivity contribution in [3.8, 4) is 11.8 Å². The van der Waals surface area contributed by atoms with Crippen LogP contribution in [0.25, 0.3) is 11.5 Å². The van der Waals surface area contributed by atoms with Crippen molar-refractivity contribution in [2.45, 2.75) is 13.0 Å². The summed E-state index contributed by atoms with van der Waals surface area (Å²) < 4.78 is 29.9. The number of hydrogen-bond acceptors (Lipinski definition) is 8. The van der Waals surface area contributed by atoms with Gasteiger partial charge in [0, 0.05) is 18.5 Å². The van der Waals surface area contributed by atoms with E-state index in [9.17, 15) is 18.8 Å². The first-order valence-electron chi connectivity index (χ1n) is 8.58. The SMILES string of the molecule is CC(Nc1ncnc(N)c1C#N)c1nc2nccn2c(=O)n1-c1cc(F)cc(F)c1. The van der Waals surface area contributed by atoms with Gasteiger partial charge in [0.15, 0.2) is 0 Å². The summed E-state index contributed by atoms with van der Waals surface area (Å²) in [6, 6.07) is 3.87. The van der Waals surface area contributed by atoms with Gasteiger partial charge >= 0.3 is 5.69 Å². The molecule has 0 aliphatic carbocycles. The molecule has 12 heteroatoms. The fourth-order valence-electron chi connectivity index (χ4n) is 2.98. The summed E-state index contributed by atoms with van der Waals surface area (Å²) in [6.45, 7) is 1.63. The number of nitrogens with two attached hydrogens (primary N) is 1. The second kappa shape index (κ2) is 7.21. The topological polar surface area (TPSA) is 140 Å². The molecule has 0 saturated heterocycles. The smallest absolute Gasteiger partial charge is 0.341 e. The fraction of sp³-hybridized carbons (Fsp3) is 0.111. The minimum atomic E-state index is -0.857. The molecule has 3 N–H and O–H groups in total. The normalized spacial score (nSPS) is 11.9. The summed E-state index contributed by atoms with van der Waals surface area (Å²) in [5, 5.41) is 12.3. The molecule has 4 rings (SSSR count). The number of imidazole rings is 1. The van der Waals surface area contributed by atoms with Crippen LogP contribution >= 0.6 is 0 Å². The Morgan fingerprint density at radius 3 is 2.63 bits per heavy atom. The predicted octanol–water partition coefficient (Wildman–Crippen LogP) is 1.58. The van der Waals surface area contributed by atoms with Gasteiger partial charge in [-0.05, 0) is 19.1 Å². The van der Waals surface area contributed by atoms with Gasteiger partial charge in [0.05, 0.1) is 11.7 Å². The van der Waals surface area contributed by atoms with Crippen LogP contribution in [0.4, 0.5) is 20.4 Å². The standard InChI is InChI=1S/C18H13F2N9O/c1-9(26-15-13(7-21)14(22)24-8-25-15)16-27-17-23-2-3-28(17)18(30)29(16)12-5-10(19)4-11(20)6-12/h2-6,8-9H,1H3,(H3,22,24,25,26). The van der Waals surface area contributed by atoms with Crippen molar-refractivity contribution < 1.29 is 8.78 Å². The van der Waals surface area contributed by atoms with Gasteiger partial charge in [-0.15, -0.1) is 0 Å². The average molecular weight is 409 g/mol. The van der Waals surface area contributed by atoms with Gasteiger partial charge in [0.25, 0.3) is 0 Å². The quantitative estimate of drug-likeness (QED) is 0.518. The first-order valence-corrected chi connectivity index (χ1v) is 8.58. The Hall–Kier alpha value is -4.40. The van der Waals surface area contributed by atoms with Gasteiger partial charge in [-0.1, -0.05) is 0 Å². The third-order valence-corrected chi connectivity index (χ3v) is 4.30. The molecule has 150 valence electrons. The summed E-state index contributed by atoms with van der Waals surface area (Å²) in [5.41, 5.74) is 5.02. The first-order chi connectivity index (χ1) is 14.4. The molecule has 0 aliphatic heterocycles. The number of fused-ring (bicyclic) bond motifs is 1. The summed E-state index contributed by atoms with van der Waals surface area (Å²) in [7, 11) is 0. The van der Waals surface area contributed by atoms with Crippen LogP contribution in [0.3, 0.4) is 0 Å². The predicted molar refractivity (Wildman–Crippen MR) is 102 cm³/mol. The van der Waals surface area contributed by atoms with Crippen molar-refractivity contribution in [2.75, 3.05) is 11.1 Å². The Labute approximate surface area is 167 Å². The highest BCUT2D eigenvalue weighted by molar-refractivity contribution is 5.62. The van der Waals surface area contributed by atoms with E-state index in [1.807, 2.05) is 6.07 Å². The highest BCUT2D eigenvalue weighted by atomic mass is 19.1. The molecule has 0 bridgehead atoms. The number of halogens is 2. The van der Waals surface area contributed by atoms with Gasteiger partial charge in [0.2, 0.25) is 5.78 Å². The number of nitrogens with zero attached hydrogens (tertiary/aromatic N) is 7. The van der Waals surface area contributed by atoms with Crippen molar-refractivity contribution in [2.24, 2.45) is 0 Å². The minimum Gasteiger partial charge on any atom is -0.382 e. The van der Waals surface area contributed by atoms with Gasteiger partial charge in [0.1, 0.15) is 47.1 Å². The average Bonchev–Trinajstić information content (AvgIpc) is 3.16. The molecule has 3 aromatic heterocycles. The molecule has 0 radical (unpaired) electrons. The fourth-order valence-corrected chi connectivity index (χ4v) is 2.98. The van der Waals surface area contributed by atoms with E-state index < -0.39 is 23.4 Å². The molecule has 0 fully saturated rings. The highest BCUT2D eigenvalue weighted by Gasteiger charge is 2.21. The molecule has 0 saturated carbocycles. The Balaban J connectivity index is 1.91. The van der Waals surface area contributed by atoms with Crippen molar-refractivity contribution in [3.05, 3.63) is 70.4 Å². The van der Waals surface area contributed by atoms with E-state index in [0.717, 1.165) is 21.1 Å². The number of nitrogens with one attached hydrogen (secondary N) is 1. The van der Waals surface area contributed by atoms with Crippen LogP contribution < -0.4 is 16.7 Å². The van der Waals surface area contributed by atoms with E-state index in [2.05, 4.69) is 25.3 Å². The lowest BCUT2D eigenvalue weighted by Crippen LogP contribution is -2.32. The maximum absolute atomic E-state index is 13.8. The monoisotopic (exact) mass is 409 g/mol. The third-order valence-electron chi connectivity index (χ3n) is 4.30. The van der Waals surface area contributed by atoms with Gasteiger partial charge < -0.3 is 11.1 Å². The third kappa shape index (κ3) is 3.18. The summed E-state index contributed by atoms with van der Waals surface area (Å²) in [6.07, 6.45) is 3.93. The van der Waals surface area contributed by atoms with Crippen molar-refractivity contribution in [3.63, 3.8) is 0 Å². The molecule has 30 heavy (non-hydrogen) atoms. The number of anilines is 2. The molecule has 1 unspecified atom stereocenters. The molecule has 1 atom stereocenters. The van der Waals surface area contributed by atoms with Crippen molar-refractivity contribution in [1.82, 2.24) is 28.9 Å². The maximum atomic E-state index is 13.8. The first kappa shape index (κ1) is 18.9.